The van der Waals surface area contributed by atoms with E-state index < -0.39 is 21.8 Å². The largest absolute Gasteiger partial charge is 0.478 e. The molecule has 0 spiro atoms. The summed E-state index contributed by atoms with van der Waals surface area (Å²) in [4.78, 5) is 15.1. The molecule has 0 unspecified atom stereocenters. The molecule has 2 heterocycles. The van der Waals surface area contributed by atoms with E-state index in [-0.39, 0.29) is 30.1 Å². The SMILES string of the molecule is Cn1cnc(S(=O)(=O)N2CCc3c(cc(F)cc3C(=O)O)C2)c1. The van der Waals surface area contributed by atoms with E-state index in [4.69, 9.17) is 5.11 Å². The van der Waals surface area contributed by atoms with Crippen LogP contribution in [0.25, 0.3) is 0 Å². The Hall–Kier alpha value is -2.26. The van der Waals surface area contributed by atoms with Crippen molar-refractivity contribution >= 4 is 16.0 Å². The highest BCUT2D eigenvalue weighted by molar-refractivity contribution is 7.89. The molecule has 122 valence electrons. The van der Waals surface area contributed by atoms with Gasteiger partial charge < -0.3 is 9.67 Å². The van der Waals surface area contributed by atoms with Gasteiger partial charge in [-0.2, -0.15) is 4.31 Å². The summed E-state index contributed by atoms with van der Waals surface area (Å²) in [6.07, 6.45) is 2.98. The van der Waals surface area contributed by atoms with Gasteiger partial charge in [-0.05, 0) is 29.7 Å². The van der Waals surface area contributed by atoms with Crippen LogP contribution in [0.2, 0.25) is 0 Å². The number of imidazole rings is 1. The van der Waals surface area contributed by atoms with Crippen molar-refractivity contribution < 1.29 is 22.7 Å². The molecule has 1 aromatic carbocycles. The van der Waals surface area contributed by atoms with Crippen LogP contribution >= 0.6 is 0 Å². The van der Waals surface area contributed by atoms with Crippen LogP contribution in [-0.2, 0) is 30.0 Å². The summed E-state index contributed by atoms with van der Waals surface area (Å²) in [7, 11) is -2.14. The van der Waals surface area contributed by atoms with Gasteiger partial charge in [0.1, 0.15) is 5.82 Å². The zero-order valence-electron chi connectivity index (χ0n) is 12.2. The predicted octanol–water partition coefficient (Wildman–Crippen LogP) is 1.00. The normalized spacial score (nSPS) is 15.4. The molecule has 2 aromatic rings. The van der Waals surface area contributed by atoms with Gasteiger partial charge in [-0.15, -0.1) is 0 Å². The first kappa shape index (κ1) is 15.6. The van der Waals surface area contributed by atoms with Gasteiger partial charge in [-0.3, -0.25) is 0 Å². The summed E-state index contributed by atoms with van der Waals surface area (Å²) >= 11 is 0. The molecular weight excluding hydrogens is 325 g/mol. The number of carboxylic acids is 1. The number of benzene rings is 1. The van der Waals surface area contributed by atoms with Crippen molar-refractivity contribution in [3.8, 4) is 0 Å². The van der Waals surface area contributed by atoms with Gasteiger partial charge in [0.2, 0.25) is 0 Å². The molecule has 0 fully saturated rings. The first-order chi connectivity index (χ1) is 10.8. The summed E-state index contributed by atoms with van der Waals surface area (Å²) in [6.45, 7) is 0.0457. The van der Waals surface area contributed by atoms with Gasteiger partial charge in [0.15, 0.2) is 5.03 Å². The van der Waals surface area contributed by atoms with Gasteiger partial charge in [0, 0.05) is 26.3 Å². The minimum atomic E-state index is -3.80. The second kappa shape index (κ2) is 5.43. The molecule has 0 saturated carbocycles. The van der Waals surface area contributed by atoms with Gasteiger partial charge in [0.05, 0.1) is 11.9 Å². The second-order valence-electron chi connectivity index (χ2n) is 5.36. The lowest BCUT2D eigenvalue weighted by atomic mass is 9.95. The number of sulfonamides is 1. The van der Waals surface area contributed by atoms with Gasteiger partial charge in [-0.25, -0.2) is 22.6 Å². The van der Waals surface area contributed by atoms with Crippen LogP contribution in [0.15, 0.2) is 29.7 Å². The van der Waals surface area contributed by atoms with Crippen LogP contribution in [0.4, 0.5) is 4.39 Å². The number of aromatic nitrogens is 2. The van der Waals surface area contributed by atoms with Gasteiger partial charge in [0.25, 0.3) is 10.0 Å². The minimum absolute atomic E-state index is 0.0771. The number of rotatable bonds is 3. The smallest absolute Gasteiger partial charge is 0.336 e. The number of hydrogen-bond donors (Lipinski definition) is 1. The molecule has 3 rings (SSSR count). The molecule has 0 bridgehead atoms. The van der Waals surface area contributed by atoms with Gasteiger partial charge in [-0.1, -0.05) is 0 Å². The molecule has 1 aliphatic rings. The molecule has 0 amide bonds. The zero-order valence-corrected chi connectivity index (χ0v) is 13.0. The quantitative estimate of drug-likeness (QED) is 0.901. The van der Waals surface area contributed by atoms with E-state index in [0.29, 0.717) is 11.1 Å². The Kier molecular flexibility index (Phi) is 3.69. The average Bonchev–Trinajstić information content (AvgIpc) is 2.92. The molecular formula is C14H14FN3O4S. The standard InChI is InChI=1S/C14H14FN3O4S/c1-17-7-13(16-8-17)23(21,22)18-3-2-11-9(6-18)4-10(15)5-12(11)14(19)20/h4-5,7-8H,2-3,6H2,1H3,(H,19,20). The monoisotopic (exact) mass is 339 g/mol. The number of fused-ring (bicyclic) bond motifs is 1. The van der Waals surface area contributed by atoms with Crippen molar-refractivity contribution in [1.29, 1.82) is 0 Å². The third kappa shape index (κ3) is 2.73. The molecule has 0 radical (unpaired) electrons. The number of carbonyl (C=O) groups is 1. The molecule has 7 nitrogen and oxygen atoms in total. The number of carboxylic acid groups (broad SMARTS) is 1. The van der Waals surface area contributed by atoms with Crippen molar-refractivity contribution in [3.05, 3.63) is 47.2 Å². The van der Waals surface area contributed by atoms with E-state index in [1.54, 1.807) is 7.05 Å². The predicted molar refractivity (Wildman–Crippen MR) is 77.9 cm³/mol. The maximum absolute atomic E-state index is 13.6. The highest BCUT2D eigenvalue weighted by Crippen LogP contribution is 2.27. The molecule has 0 aliphatic carbocycles. The first-order valence-electron chi connectivity index (χ1n) is 6.82. The van der Waals surface area contributed by atoms with Crippen molar-refractivity contribution in [2.24, 2.45) is 7.05 Å². The Morgan fingerprint density at radius 2 is 2.13 bits per heavy atom. The molecule has 9 heteroatoms. The van der Waals surface area contributed by atoms with Crippen LogP contribution in [0.1, 0.15) is 21.5 Å². The fourth-order valence-corrected chi connectivity index (χ4v) is 4.07. The molecule has 23 heavy (non-hydrogen) atoms. The fraction of sp³-hybridized carbons (Fsp3) is 0.286. The second-order valence-corrected chi connectivity index (χ2v) is 7.25. The van der Waals surface area contributed by atoms with Crippen LogP contribution in [0, 0.1) is 5.82 Å². The molecule has 1 N–H and O–H groups in total. The average molecular weight is 339 g/mol. The lowest BCUT2D eigenvalue weighted by molar-refractivity contribution is 0.0694. The lowest BCUT2D eigenvalue weighted by Gasteiger charge is -2.28. The van der Waals surface area contributed by atoms with E-state index in [1.165, 1.54) is 27.5 Å². The maximum atomic E-state index is 13.6. The molecule has 1 aromatic heterocycles. The third-order valence-corrected chi connectivity index (χ3v) is 5.51. The van der Waals surface area contributed by atoms with E-state index >= 15 is 0 Å². The van der Waals surface area contributed by atoms with Crippen LogP contribution in [0.3, 0.4) is 0 Å². The number of nitrogens with zero attached hydrogens (tertiary/aromatic N) is 3. The number of aromatic carboxylic acids is 1. The van der Waals surface area contributed by atoms with Crippen LogP contribution in [-0.4, -0.2) is 39.9 Å². The van der Waals surface area contributed by atoms with E-state index in [1.807, 2.05) is 0 Å². The number of aryl methyl sites for hydroxylation is 1. The van der Waals surface area contributed by atoms with Crippen molar-refractivity contribution in [2.45, 2.75) is 18.0 Å². The van der Waals surface area contributed by atoms with Gasteiger partial charge >= 0.3 is 5.97 Å². The summed E-state index contributed by atoms with van der Waals surface area (Å²) in [6, 6.07) is 2.14. The number of halogens is 1. The fourth-order valence-electron chi connectivity index (χ4n) is 2.69. The van der Waals surface area contributed by atoms with E-state index in [0.717, 1.165) is 6.07 Å². The minimum Gasteiger partial charge on any atom is -0.478 e. The third-order valence-electron chi connectivity index (χ3n) is 3.78. The van der Waals surface area contributed by atoms with Crippen LogP contribution < -0.4 is 0 Å². The molecule has 0 atom stereocenters. The topological polar surface area (TPSA) is 92.5 Å². The van der Waals surface area contributed by atoms with Crippen molar-refractivity contribution in [2.75, 3.05) is 6.54 Å². The first-order valence-corrected chi connectivity index (χ1v) is 8.26. The molecule has 0 saturated heterocycles. The summed E-state index contributed by atoms with van der Waals surface area (Å²) < 4.78 is 41.4. The van der Waals surface area contributed by atoms with E-state index in [9.17, 15) is 17.6 Å². The zero-order chi connectivity index (χ0) is 16.8. The Balaban J connectivity index is 1.99. The highest BCUT2D eigenvalue weighted by atomic mass is 32.2. The Morgan fingerprint density at radius 1 is 1.39 bits per heavy atom. The van der Waals surface area contributed by atoms with Crippen molar-refractivity contribution in [3.63, 3.8) is 0 Å². The molecule has 1 aliphatic heterocycles. The summed E-state index contributed by atoms with van der Waals surface area (Å²) in [5, 5.41) is 9.08. The Labute approximate surface area is 132 Å². The Morgan fingerprint density at radius 3 is 2.74 bits per heavy atom. The maximum Gasteiger partial charge on any atom is 0.336 e. The lowest BCUT2D eigenvalue weighted by Crippen LogP contribution is -2.37. The Bertz CT molecular complexity index is 891. The number of hydrogen-bond acceptors (Lipinski definition) is 4. The van der Waals surface area contributed by atoms with Crippen LogP contribution in [0.5, 0.6) is 0 Å². The van der Waals surface area contributed by atoms with Crippen molar-refractivity contribution in [1.82, 2.24) is 13.9 Å². The highest BCUT2D eigenvalue weighted by Gasteiger charge is 2.32. The summed E-state index contributed by atoms with van der Waals surface area (Å²) in [5.74, 6) is -1.92. The van der Waals surface area contributed by atoms with E-state index in [2.05, 4.69) is 4.98 Å². The summed E-state index contributed by atoms with van der Waals surface area (Å²) in [5.41, 5.74) is 0.731.